The van der Waals surface area contributed by atoms with Gasteiger partial charge in [-0.25, -0.2) is 17.2 Å². The van der Waals surface area contributed by atoms with E-state index in [2.05, 4.69) is 10.5 Å². The van der Waals surface area contributed by atoms with Crippen LogP contribution in [-0.2, 0) is 14.8 Å². The molecular weight excluding hydrogens is 332 g/mol. The molecule has 0 aliphatic rings. The highest BCUT2D eigenvalue weighted by Crippen LogP contribution is 2.25. The van der Waals surface area contributed by atoms with E-state index in [9.17, 15) is 22.0 Å². The smallest absolute Gasteiger partial charge is 0.246 e. The van der Waals surface area contributed by atoms with Gasteiger partial charge in [0.25, 0.3) is 0 Å². The number of aromatic nitrogens is 1. The molecule has 7 nitrogen and oxygen atoms in total. The molecule has 1 aromatic carbocycles. The van der Waals surface area contributed by atoms with Crippen LogP contribution in [0.2, 0.25) is 0 Å². The zero-order valence-electron chi connectivity index (χ0n) is 12.2. The van der Waals surface area contributed by atoms with E-state index in [0.29, 0.717) is 10.1 Å². The van der Waals surface area contributed by atoms with Crippen molar-refractivity contribution < 1.29 is 26.5 Å². The fourth-order valence-corrected chi connectivity index (χ4v) is 2.69. The number of sulfonamides is 1. The summed E-state index contributed by atoms with van der Waals surface area (Å²) in [7, 11) is -4.10. The van der Waals surface area contributed by atoms with E-state index >= 15 is 0 Å². The Morgan fingerprint density at radius 2 is 1.96 bits per heavy atom. The highest BCUT2D eigenvalue weighted by Gasteiger charge is 2.27. The highest BCUT2D eigenvalue weighted by atomic mass is 32.2. The van der Waals surface area contributed by atoms with Crippen LogP contribution in [0, 0.1) is 18.6 Å². The summed E-state index contributed by atoms with van der Waals surface area (Å²) in [5.74, 6) is -2.53. The molecule has 0 aliphatic heterocycles. The van der Waals surface area contributed by atoms with Crippen LogP contribution >= 0.6 is 0 Å². The molecule has 10 heteroatoms. The molecule has 1 N–H and O–H groups in total. The minimum Gasteiger partial charge on any atom is -0.360 e. The Kier molecular flexibility index (Phi) is 4.64. The van der Waals surface area contributed by atoms with Crippen molar-refractivity contribution in [2.24, 2.45) is 0 Å². The topological polar surface area (TPSA) is 92.5 Å². The number of anilines is 2. The van der Waals surface area contributed by atoms with E-state index in [-0.39, 0.29) is 5.82 Å². The van der Waals surface area contributed by atoms with Gasteiger partial charge in [0.2, 0.25) is 15.9 Å². The van der Waals surface area contributed by atoms with Gasteiger partial charge in [-0.1, -0.05) is 11.2 Å². The Labute approximate surface area is 130 Å². The summed E-state index contributed by atoms with van der Waals surface area (Å²) >= 11 is 0. The Morgan fingerprint density at radius 1 is 1.35 bits per heavy atom. The SMILES string of the molecule is Cc1cc(NC(=O)CN(c2c(F)cccc2F)S(C)(=O)=O)no1. The third-order valence-corrected chi connectivity index (χ3v) is 3.88. The van der Waals surface area contributed by atoms with Gasteiger partial charge >= 0.3 is 0 Å². The van der Waals surface area contributed by atoms with Crippen molar-refractivity contribution >= 4 is 27.4 Å². The van der Waals surface area contributed by atoms with Crippen LogP contribution < -0.4 is 9.62 Å². The van der Waals surface area contributed by atoms with Gasteiger partial charge in [-0.2, -0.15) is 0 Å². The van der Waals surface area contributed by atoms with Crippen LogP contribution in [0.15, 0.2) is 28.8 Å². The third kappa shape index (κ3) is 4.03. The van der Waals surface area contributed by atoms with Gasteiger partial charge in [-0.05, 0) is 19.1 Å². The Morgan fingerprint density at radius 3 is 2.43 bits per heavy atom. The Bertz CT molecular complexity index is 815. The molecule has 1 aromatic heterocycles. The first-order chi connectivity index (χ1) is 10.7. The average molecular weight is 345 g/mol. The lowest BCUT2D eigenvalue weighted by Crippen LogP contribution is -2.38. The maximum atomic E-state index is 13.8. The van der Waals surface area contributed by atoms with Crippen LogP contribution in [0.25, 0.3) is 0 Å². The summed E-state index contributed by atoms with van der Waals surface area (Å²) in [4.78, 5) is 11.9. The molecule has 124 valence electrons. The van der Waals surface area contributed by atoms with E-state index in [1.807, 2.05) is 0 Å². The minimum atomic E-state index is -4.10. The monoisotopic (exact) mass is 345 g/mol. The van der Waals surface area contributed by atoms with Crippen LogP contribution in [0.3, 0.4) is 0 Å². The van der Waals surface area contributed by atoms with Gasteiger partial charge in [0.05, 0.1) is 6.26 Å². The summed E-state index contributed by atoms with van der Waals surface area (Å²) in [6, 6.07) is 4.30. The van der Waals surface area contributed by atoms with Gasteiger partial charge in [0.1, 0.15) is 18.0 Å². The van der Waals surface area contributed by atoms with E-state index in [1.165, 1.54) is 6.07 Å². The molecule has 0 unspecified atom stereocenters. The predicted molar refractivity (Wildman–Crippen MR) is 78.4 cm³/mol. The number of carbonyl (C=O) groups is 1. The number of hydrogen-bond acceptors (Lipinski definition) is 5. The van der Waals surface area contributed by atoms with E-state index in [1.54, 1.807) is 6.92 Å². The number of benzene rings is 1. The van der Waals surface area contributed by atoms with Crippen LogP contribution in [-0.4, -0.2) is 32.3 Å². The standard InChI is InChI=1S/C13H13F2N3O4S/c1-8-6-11(17-22-8)16-12(19)7-18(23(2,20)21)13-9(14)4-3-5-10(13)15/h3-6H,7H2,1-2H3,(H,16,17,19). The number of halogens is 2. The number of nitrogens with one attached hydrogen (secondary N) is 1. The molecule has 2 aromatic rings. The number of carbonyl (C=O) groups excluding carboxylic acids is 1. The lowest BCUT2D eigenvalue weighted by atomic mass is 10.3. The van der Waals surface area contributed by atoms with Crippen LogP contribution in [0.4, 0.5) is 20.3 Å². The number of nitrogens with zero attached hydrogens (tertiary/aromatic N) is 2. The lowest BCUT2D eigenvalue weighted by molar-refractivity contribution is -0.114. The van der Waals surface area contributed by atoms with E-state index in [4.69, 9.17) is 4.52 Å². The molecule has 0 radical (unpaired) electrons. The first-order valence-corrected chi connectivity index (χ1v) is 8.18. The number of hydrogen-bond donors (Lipinski definition) is 1. The van der Waals surface area contributed by atoms with Gasteiger partial charge in [-0.15, -0.1) is 0 Å². The largest absolute Gasteiger partial charge is 0.360 e. The van der Waals surface area contributed by atoms with Crippen molar-refractivity contribution in [3.8, 4) is 0 Å². The van der Waals surface area contributed by atoms with Crippen molar-refractivity contribution in [3.63, 3.8) is 0 Å². The molecule has 0 bridgehead atoms. The summed E-state index contributed by atoms with van der Waals surface area (Å²) in [6.07, 6.45) is 0.742. The van der Waals surface area contributed by atoms with Crippen molar-refractivity contribution in [1.29, 1.82) is 0 Å². The van der Waals surface area contributed by atoms with Gasteiger partial charge in [-0.3, -0.25) is 9.10 Å². The molecule has 0 fully saturated rings. The number of para-hydroxylation sites is 1. The van der Waals surface area contributed by atoms with Crippen molar-refractivity contribution in [2.75, 3.05) is 22.4 Å². The fraction of sp³-hybridized carbons (Fsp3) is 0.231. The molecule has 2 rings (SSSR count). The van der Waals surface area contributed by atoms with Crippen LogP contribution in [0.1, 0.15) is 5.76 Å². The number of rotatable bonds is 5. The Hall–Kier alpha value is -2.49. The second kappa shape index (κ2) is 6.32. The molecule has 0 aliphatic carbocycles. The molecule has 0 saturated heterocycles. The third-order valence-electron chi connectivity index (χ3n) is 2.77. The summed E-state index contributed by atoms with van der Waals surface area (Å²) in [5.41, 5.74) is -0.818. The maximum Gasteiger partial charge on any atom is 0.246 e. The molecular formula is C13H13F2N3O4S. The van der Waals surface area contributed by atoms with Gasteiger partial charge in [0, 0.05) is 6.07 Å². The molecule has 0 saturated carbocycles. The van der Waals surface area contributed by atoms with Crippen molar-refractivity contribution in [3.05, 3.63) is 41.7 Å². The first kappa shape index (κ1) is 16.9. The van der Waals surface area contributed by atoms with Gasteiger partial charge < -0.3 is 9.84 Å². The average Bonchev–Trinajstić information content (AvgIpc) is 2.81. The second-order valence-electron chi connectivity index (χ2n) is 4.71. The zero-order valence-corrected chi connectivity index (χ0v) is 13.0. The quantitative estimate of drug-likeness (QED) is 0.890. The lowest BCUT2D eigenvalue weighted by Gasteiger charge is -2.22. The normalized spacial score (nSPS) is 11.3. The summed E-state index contributed by atoms with van der Waals surface area (Å²) in [6.45, 7) is 0.781. The second-order valence-corrected chi connectivity index (χ2v) is 6.62. The summed E-state index contributed by atoms with van der Waals surface area (Å²) < 4.78 is 56.3. The highest BCUT2D eigenvalue weighted by molar-refractivity contribution is 7.92. The fourth-order valence-electron chi connectivity index (χ4n) is 1.83. The first-order valence-electron chi connectivity index (χ1n) is 6.33. The van der Waals surface area contributed by atoms with Gasteiger partial charge in [0.15, 0.2) is 17.5 Å². The van der Waals surface area contributed by atoms with Crippen molar-refractivity contribution in [1.82, 2.24) is 5.16 Å². The van der Waals surface area contributed by atoms with E-state index in [0.717, 1.165) is 24.5 Å². The molecule has 1 heterocycles. The maximum absolute atomic E-state index is 13.8. The number of amides is 1. The molecule has 0 spiro atoms. The van der Waals surface area contributed by atoms with Crippen molar-refractivity contribution in [2.45, 2.75) is 6.92 Å². The summed E-state index contributed by atoms with van der Waals surface area (Å²) in [5, 5.41) is 5.79. The van der Waals surface area contributed by atoms with E-state index < -0.39 is 39.8 Å². The minimum absolute atomic E-state index is 0.0648. The van der Waals surface area contributed by atoms with Crippen LogP contribution in [0.5, 0.6) is 0 Å². The zero-order chi connectivity index (χ0) is 17.2. The number of aryl methyl sites for hydroxylation is 1. The molecule has 23 heavy (non-hydrogen) atoms. The molecule has 1 amide bonds. The Balaban J connectivity index is 2.28. The predicted octanol–water partition coefficient (Wildman–Crippen LogP) is 1.67. The molecule has 0 atom stereocenters.